The summed E-state index contributed by atoms with van der Waals surface area (Å²) in [5.41, 5.74) is 1.13. The van der Waals surface area contributed by atoms with Crippen LogP contribution >= 0.6 is 11.3 Å². The number of thiazole rings is 1. The van der Waals surface area contributed by atoms with Crippen molar-refractivity contribution in [2.24, 2.45) is 11.8 Å². The molecule has 1 saturated carbocycles. The van der Waals surface area contributed by atoms with Crippen LogP contribution in [0.25, 0.3) is 0 Å². The number of nitrogens with one attached hydrogen (secondary N) is 1. The largest absolute Gasteiger partial charge is 0.491 e. The van der Waals surface area contributed by atoms with E-state index in [9.17, 15) is 9.59 Å². The maximum absolute atomic E-state index is 13.3. The number of nitrogens with zero attached hydrogens (tertiary/aromatic N) is 3. The summed E-state index contributed by atoms with van der Waals surface area (Å²) in [6.45, 7) is 6.66. The fraction of sp³-hybridized carbons (Fsp3) is 0.560. The van der Waals surface area contributed by atoms with Gasteiger partial charge in [0.1, 0.15) is 17.4 Å². The highest BCUT2D eigenvalue weighted by atomic mass is 32.1. The van der Waals surface area contributed by atoms with Gasteiger partial charge in [0.25, 0.3) is 5.91 Å². The molecule has 2 heterocycles. The molecule has 1 aliphatic carbocycles. The number of methoxy groups -OCH3 is 1. The van der Waals surface area contributed by atoms with E-state index < -0.39 is 0 Å². The predicted molar refractivity (Wildman–Crippen MR) is 132 cm³/mol. The fourth-order valence-electron chi connectivity index (χ4n) is 4.24. The lowest BCUT2D eigenvalue weighted by Gasteiger charge is -2.35. The molecule has 184 valence electrons. The molecule has 2 amide bonds. The minimum Gasteiger partial charge on any atom is -0.491 e. The number of hydrogen-bond donors (Lipinski definition) is 1. The van der Waals surface area contributed by atoms with Crippen LogP contribution in [0.15, 0.2) is 29.8 Å². The number of fused-ring (bicyclic) bond motifs is 1. The molecule has 1 aromatic heterocycles. The molecule has 8 nitrogen and oxygen atoms in total. The van der Waals surface area contributed by atoms with Crippen molar-refractivity contribution in [2.75, 3.05) is 39.2 Å². The Labute approximate surface area is 205 Å². The van der Waals surface area contributed by atoms with Gasteiger partial charge in [-0.15, -0.1) is 11.3 Å². The first-order valence-corrected chi connectivity index (χ1v) is 12.7. The summed E-state index contributed by atoms with van der Waals surface area (Å²) in [5, 5.41) is 6.00. The number of carbonyl (C=O) groups excluding carboxylic acids is 2. The van der Waals surface area contributed by atoms with E-state index in [1.165, 1.54) is 0 Å². The van der Waals surface area contributed by atoms with Crippen LogP contribution < -0.4 is 10.1 Å². The topological polar surface area (TPSA) is 84.0 Å². The van der Waals surface area contributed by atoms with Gasteiger partial charge in [-0.1, -0.05) is 6.92 Å². The summed E-state index contributed by atoms with van der Waals surface area (Å²) in [7, 11) is 3.49. The summed E-state index contributed by atoms with van der Waals surface area (Å²) < 4.78 is 12.1. The first kappa shape index (κ1) is 24.6. The molecule has 0 bridgehead atoms. The van der Waals surface area contributed by atoms with Crippen LogP contribution in [0.5, 0.6) is 5.75 Å². The quantitative estimate of drug-likeness (QED) is 0.697. The highest BCUT2D eigenvalue weighted by molar-refractivity contribution is 7.09. The van der Waals surface area contributed by atoms with E-state index in [2.05, 4.69) is 29.0 Å². The van der Waals surface area contributed by atoms with Crippen molar-refractivity contribution in [3.05, 3.63) is 40.3 Å². The second kappa shape index (κ2) is 10.8. The van der Waals surface area contributed by atoms with Crippen LogP contribution in [-0.2, 0) is 16.1 Å². The van der Waals surface area contributed by atoms with Gasteiger partial charge in [0.2, 0.25) is 5.91 Å². The highest BCUT2D eigenvalue weighted by Gasteiger charge is 2.31. The van der Waals surface area contributed by atoms with Gasteiger partial charge >= 0.3 is 0 Å². The Morgan fingerprint density at radius 2 is 2.09 bits per heavy atom. The molecule has 4 rings (SSSR count). The van der Waals surface area contributed by atoms with E-state index in [0.717, 1.165) is 30.9 Å². The number of ether oxygens (including phenoxy) is 2. The van der Waals surface area contributed by atoms with Gasteiger partial charge in [0.15, 0.2) is 0 Å². The molecule has 0 saturated heterocycles. The van der Waals surface area contributed by atoms with Crippen molar-refractivity contribution in [2.45, 2.75) is 45.4 Å². The lowest BCUT2D eigenvalue weighted by molar-refractivity contribution is -0.117. The van der Waals surface area contributed by atoms with Gasteiger partial charge < -0.3 is 19.7 Å². The van der Waals surface area contributed by atoms with Crippen LogP contribution in [0, 0.1) is 11.8 Å². The number of rotatable bonds is 5. The van der Waals surface area contributed by atoms with Crippen LogP contribution in [0.1, 0.15) is 42.1 Å². The summed E-state index contributed by atoms with van der Waals surface area (Å²) in [6, 6.07) is 5.36. The van der Waals surface area contributed by atoms with Crippen LogP contribution in [0.2, 0.25) is 0 Å². The van der Waals surface area contributed by atoms with Crippen LogP contribution in [0.4, 0.5) is 5.69 Å². The number of likely N-dealkylation sites (N-methyl/N-ethyl adjacent to an activating group) is 1. The Morgan fingerprint density at radius 1 is 1.29 bits per heavy atom. The number of anilines is 1. The van der Waals surface area contributed by atoms with Gasteiger partial charge in [-0.3, -0.25) is 14.5 Å². The van der Waals surface area contributed by atoms with Crippen molar-refractivity contribution in [1.29, 1.82) is 0 Å². The third-order valence-corrected chi connectivity index (χ3v) is 7.38. The third kappa shape index (κ3) is 5.95. The molecule has 0 spiro atoms. The van der Waals surface area contributed by atoms with Gasteiger partial charge in [-0.25, -0.2) is 4.98 Å². The molecular weight excluding hydrogens is 452 g/mol. The minimum absolute atomic E-state index is 0.0245. The van der Waals surface area contributed by atoms with Gasteiger partial charge in [0, 0.05) is 62.5 Å². The van der Waals surface area contributed by atoms with Crippen LogP contribution in [-0.4, -0.2) is 72.6 Å². The Bertz CT molecular complexity index is 995. The third-order valence-electron chi connectivity index (χ3n) is 6.61. The standard InChI is InChI=1S/C25H34N4O4S/c1-16-12-29(14-23-26-9-10-34-23)17(2)15-33-21-11-19(27-24(30)18-5-6-18)7-8-20(21)25(31)28(3)13-22(16)32-4/h7-11,16-18,22H,5-6,12-15H2,1-4H3,(H,27,30)/t16-,17+,22+/m1/s1. The lowest BCUT2D eigenvalue weighted by Crippen LogP contribution is -2.46. The van der Waals surface area contributed by atoms with Crippen molar-refractivity contribution in [3.8, 4) is 5.75 Å². The molecule has 2 aliphatic rings. The molecule has 1 N–H and O–H groups in total. The summed E-state index contributed by atoms with van der Waals surface area (Å²) >= 11 is 1.64. The molecule has 3 atom stereocenters. The smallest absolute Gasteiger partial charge is 0.257 e. The van der Waals surface area contributed by atoms with E-state index in [1.807, 2.05) is 11.6 Å². The van der Waals surface area contributed by atoms with Crippen LogP contribution in [0.3, 0.4) is 0 Å². The highest BCUT2D eigenvalue weighted by Crippen LogP contribution is 2.32. The molecule has 1 aliphatic heterocycles. The second-order valence-corrected chi connectivity index (χ2v) is 10.4. The molecule has 34 heavy (non-hydrogen) atoms. The SMILES string of the molecule is CO[C@H]1CN(C)C(=O)c2ccc(NC(=O)C3CC3)cc2OC[C@H](C)N(Cc2nccs2)C[C@H]1C. The zero-order chi connectivity index (χ0) is 24.2. The second-order valence-electron chi connectivity index (χ2n) is 9.43. The molecule has 1 fully saturated rings. The number of carbonyl (C=O) groups is 2. The van der Waals surface area contributed by atoms with E-state index in [4.69, 9.17) is 9.47 Å². The van der Waals surface area contributed by atoms with E-state index >= 15 is 0 Å². The van der Waals surface area contributed by atoms with E-state index in [1.54, 1.807) is 48.6 Å². The number of aromatic nitrogens is 1. The van der Waals surface area contributed by atoms with E-state index in [0.29, 0.717) is 30.2 Å². The average Bonchev–Trinajstić information content (AvgIpc) is 3.56. The molecule has 1 aromatic carbocycles. The summed E-state index contributed by atoms with van der Waals surface area (Å²) in [4.78, 5) is 34.1. The first-order valence-electron chi connectivity index (χ1n) is 11.8. The van der Waals surface area contributed by atoms with Gasteiger partial charge in [-0.2, -0.15) is 0 Å². The Hall–Kier alpha value is -2.49. The monoisotopic (exact) mass is 486 g/mol. The van der Waals surface area contributed by atoms with Crippen molar-refractivity contribution >= 4 is 28.8 Å². The van der Waals surface area contributed by atoms with E-state index in [-0.39, 0.29) is 35.8 Å². The molecule has 9 heteroatoms. The summed E-state index contributed by atoms with van der Waals surface area (Å²) in [6.07, 6.45) is 3.58. The maximum atomic E-state index is 13.3. The molecule has 0 radical (unpaired) electrons. The fourth-order valence-corrected chi connectivity index (χ4v) is 4.88. The Balaban J connectivity index is 1.62. The van der Waals surface area contributed by atoms with Crippen molar-refractivity contribution < 1.29 is 19.1 Å². The van der Waals surface area contributed by atoms with Gasteiger partial charge in [0.05, 0.1) is 18.2 Å². The minimum atomic E-state index is -0.128. The normalized spacial score (nSPS) is 24.5. The predicted octanol–water partition coefficient (Wildman–Crippen LogP) is 3.50. The number of amides is 2. The molecular formula is C25H34N4O4S. The lowest BCUT2D eigenvalue weighted by atomic mass is 10.0. The van der Waals surface area contributed by atoms with Crippen molar-refractivity contribution in [1.82, 2.24) is 14.8 Å². The molecule has 2 aromatic rings. The van der Waals surface area contributed by atoms with Crippen molar-refractivity contribution in [3.63, 3.8) is 0 Å². The average molecular weight is 487 g/mol. The Kier molecular flexibility index (Phi) is 7.85. The molecule has 0 unspecified atom stereocenters. The summed E-state index contributed by atoms with van der Waals surface area (Å²) in [5.74, 6) is 0.673. The maximum Gasteiger partial charge on any atom is 0.257 e. The zero-order valence-electron chi connectivity index (χ0n) is 20.3. The number of hydrogen-bond acceptors (Lipinski definition) is 7. The number of benzene rings is 1. The first-order chi connectivity index (χ1) is 16.4. The zero-order valence-corrected chi connectivity index (χ0v) is 21.1. The Morgan fingerprint density at radius 3 is 2.76 bits per heavy atom. The van der Waals surface area contributed by atoms with Gasteiger partial charge in [-0.05, 0) is 37.8 Å².